The van der Waals surface area contributed by atoms with Crippen molar-refractivity contribution < 1.29 is 45.8 Å². The molecule has 3 aliphatic rings. The molecule has 0 spiro atoms. The number of hydrogen-bond acceptors (Lipinski definition) is 5. The van der Waals surface area contributed by atoms with E-state index in [2.05, 4.69) is 0 Å². The smallest absolute Gasteiger partial charge is 0.399 e. The summed E-state index contributed by atoms with van der Waals surface area (Å²) < 4.78 is 88.3. The first-order valence-corrected chi connectivity index (χ1v) is 6.67. The topological polar surface area (TPSA) is 57.2 Å². The van der Waals surface area contributed by atoms with Gasteiger partial charge in [0.1, 0.15) is 24.4 Å². The molecule has 3 aliphatic heterocycles. The monoisotopic (exact) mass is 338 g/mol. The van der Waals surface area contributed by atoms with Crippen molar-refractivity contribution in [3.63, 3.8) is 0 Å². The van der Waals surface area contributed by atoms with Gasteiger partial charge in [0.2, 0.25) is 0 Å². The highest BCUT2D eigenvalue weighted by atomic mass is 19.2. The van der Waals surface area contributed by atoms with E-state index >= 15 is 0 Å². The van der Waals surface area contributed by atoms with E-state index < -0.39 is 72.4 Å². The fourth-order valence-corrected chi connectivity index (χ4v) is 2.95. The van der Waals surface area contributed by atoms with Crippen LogP contribution in [0.5, 0.6) is 0 Å². The Balaban J connectivity index is 1.76. The van der Waals surface area contributed by atoms with E-state index in [1.165, 1.54) is 0 Å². The molecular formula is C12H8BF5O5. The van der Waals surface area contributed by atoms with Gasteiger partial charge in [0.15, 0.2) is 35.4 Å². The number of hydrogen-bond donors (Lipinski definition) is 1. The van der Waals surface area contributed by atoms with Gasteiger partial charge in [-0.25, -0.2) is 22.0 Å². The molecule has 3 heterocycles. The number of halogens is 5. The van der Waals surface area contributed by atoms with Crippen LogP contribution in [0.15, 0.2) is 0 Å². The van der Waals surface area contributed by atoms with Crippen LogP contribution in [-0.4, -0.2) is 49.5 Å². The zero-order valence-electron chi connectivity index (χ0n) is 11.1. The van der Waals surface area contributed by atoms with Crippen LogP contribution in [-0.2, 0) is 18.8 Å². The molecule has 1 unspecified atom stereocenters. The molecule has 4 bridgehead atoms. The lowest BCUT2D eigenvalue weighted by molar-refractivity contribution is -0.243. The Labute approximate surface area is 126 Å². The van der Waals surface area contributed by atoms with E-state index in [1.807, 2.05) is 0 Å². The fraction of sp³-hybridized carbons (Fsp3) is 0.500. The van der Waals surface area contributed by atoms with Crippen molar-refractivity contribution in [2.75, 3.05) is 6.61 Å². The van der Waals surface area contributed by atoms with Crippen molar-refractivity contribution in [3.05, 3.63) is 29.1 Å². The number of rotatable bonds is 1. The Bertz CT molecular complexity index is 627. The molecular weight excluding hydrogens is 330 g/mol. The minimum atomic E-state index is -2.27. The molecule has 3 saturated heterocycles. The van der Waals surface area contributed by atoms with E-state index in [4.69, 9.17) is 18.8 Å². The van der Waals surface area contributed by atoms with Crippen LogP contribution in [0.25, 0.3) is 0 Å². The zero-order chi connectivity index (χ0) is 16.5. The maximum absolute atomic E-state index is 13.9. The predicted octanol–water partition coefficient (Wildman–Crippen LogP) is -0.0227. The standard InChI is InChI=1S/C12H8BF5O5/c14-4-3(5(15)7(17)8(18)6(4)16)13-22-10-2-1-20-12(21-2)11(23-13)9(10)19/h2,9-12,19H,1H2/t2-,9-,10-,11?,12+/m0/s1. The minimum Gasteiger partial charge on any atom is -0.399 e. The van der Waals surface area contributed by atoms with Crippen LogP contribution in [0.1, 0.15) is 0 Å². The van der Waals surface area contributed by atoms with Crippen LogP contribution < -0.4 is 5.46 Å². The third-order valence-electron chi connectivity index (χ3n) is 4.08. The second-order valence-corrected chi connectivity index (χ2v) is 5.38. The number of ether oxygens (including phenoxy) is 2. The largest absolute Gasteiger partial charge is 0.501 e. The van der Waals surface area contributed by atoms with Crippen LogP contribution in [0, 0.1) is 29.1 Å². The highest BCUT2D eigenvalue weighted by molar-refractivity contribution is 6.61. The van der Waals surface area contributed by atoms with Gasteiger partial charge in [-0.15, -0.1) is 0 Å². The predicted molar refractivity (Wildman–Crippen MR) is 62.0 cm³/mol. The van der Waals surface area contributed by atoms with Gasteiger partial charge in [-0.05, 0) is 0 Å². The minimum absolute atomic E-state index is 0.0517. The summed E-state index contributed by atoms with van der Waals surface area (Å²) in [6, 6.07) is 0. The summed E-state index contributed by atoms with van der Waals surface area (Å²) >= 11 is 0. The van der Waals surface area contributed by atoms with Gasteiger partial charge >= 0.3 is 7.12 Å². The summed E-state index contributed by atoms with van der Waals surface area (Å²) in [4.78, 5) is 0. The molecule has 1 aromatic carbocycles. The van der Waals surface area contributed by atoms with Gasteiger partial charge in [0.25, 0.3) is 0 Å². The highest BCUT2D eigenvalue weighted by Gasteiger charge is 2.58. The van der Waals surface area contributed by atoms with Crippen molar-refractivity contribution >= 4 is 12.6 Å². The molecule has 124 valence electrons. The molecule has 3 fully saturated rings. The van der Waals surface area contributed by atoms with E-state index in [0.717, 1.165) is 0 Å². The third-order valence-corrected chi connectivity index (χ3v) is 4.08. The van der Waals surface area contributed by atoms with Gasteiger partial charge in [-0.2, -0.15) is 0 Å². The van der Waals surface area contributed by atoms with Crippen molar-refractivity contribution in [2.24, 2.45) is 0 Å². The zero-order valence-corrected chi connectivity index (χ0v) is 11.1. The highest BCUT2D eigenvalue weighted by Crippen LogP contribution is 2.36. The third kappa shape index (κ3) is 2.04. The maximum Gasteiger partial charge on any atom is 0.501 e. The summed E-state index contributed by atoms with van der Waals surface area (Å²) in [5.41, 5.74) is -1.25. The first-order chi connectivity index (χ1) is 10.9. The number of aliphatic hydroxyl groups is 1. The Hall–Kier alpha value is -1.27. The van der Waals surface area contributed by atoms with Gasteiger partial charge < -0.3 is 23.9 Å². The second kappa shape index (κ2) is 5.11. The van der Waals surface area contributed by atoms with Crippen LogP contribution >= 0.6 is 0 Å². The van der Waals surface area contributed by atoms with E-state index in [9.17, 15) is 27.1 Å². The average molecular weight is 338 g/mol. The summed E-state index contributed by atoms with van der Waals surface area (Å²) in [6.07, 6.45) is -5.18. The molecule has 0 amide bonds. The van der Waals surface area contributed by atoms with E-state index in [0.29, 0.717) is 0 Å². The number of fused-ring (bicyclic) bond motifs is 6. The molecule has 0 aromatic heterocycles. The summed E-state index contributed by atoms with van der Waals surface area (Å²) in [6.45, 7) is 0.0517. The second-order valence-electron chi connectivity index (χ2n) is 5.38. The van der Waals surface area contributed by atoms with Crippen molar-refractivity contribution in [3.8, 4) is 0 Å². The van der Waals surface area contributed by atoms with Gasteiger partial charge in [-0.1, -0.05) is 0 Å². The van der Waals surface area contributed by atoms with Gasteiger partial charge in [-0.3, -0.25) is 0 Å². The van der Waals surface area contributed by atoms with Crippen LogP contribution in [0.3, 0.4) is 0 Å². The lowest BCUT2D eigenvalue weighted by Gasteiger charge is -2.44. The van der Waals surface area contributed by atoms with Crippen molar-refractivity contribution in [1.82, 2.24) is 0 Å². The normalized spacial score (nSPS) is 35.7. The quantitative estimate of drug-likeness (QED) is 0.338. The van der Waals surface area contributed by atoms with Crippen LogP contribution in [0.2, 0.25) is 0 Å². The Morgan fingerprint density at radius 3 is 2.09 bits per heavy atom. The number of aliphatic hydroxyl groups excluding tert-OH is 1. The van der Waals surface area contributed by atoms with E-state index in [1.54, 1.807) is 0 Å². The number of benzene rings is 1. The van der Waals surface area contributed by atoms with E-state index in [-0.39, 0.29) is 6.61 Å². The first-order valence-electron chi connectivity index (χ1n) is 6.67. The summed E-state index contributed by atoms with van der Waals surface area (Å²) in [7, 11) is -1.88. The molecule has 4 rings (SSSR count). The first kappa shape index (κ1) is 15.3. The van der Waals surface area contributed by atoms with Gasteiger partial charge in [0.05, 0.1) is 12.1 Å². The van der Waals surface area contributed by atoms with Crippen molar-refractivity contribution in [1.29, 1.82) is 0 Å². The molecule has 1 aromatic rings. The summed E-state index contributed by atoms with van der Waals surface area (Å²) in [5, 5.41) is 10.0. The molecule has 0 saturated carbocycles. The Morgan fingerprint density at radius 1 is 0.870 bits per heavy atom. The fourth-order valence-electron chi connectivity index (χ4n) is 2.95. The molecule has 0 aliphatic carbocycles. The lowest BCUT2D eigenvalue weighted by Crippen LogP contribution is -2.66. The van der Waals surface area contributed by atoms with Crippen molar-refractivity contribution in [2.45, 2.75) is 30.7 Å². The summed E-state index contributed by atoms with van der Waals surface area (Å²) in [5.74, 6) is -10.6. The average Bonchev–Trinajstić information content (AvgIpc) is 2.98. The van der Waals surface area contributed by atoms with Crippen LogP contribution in [0.4, 0.5) is 22.0 Å². The molecule has 23 heavy (non-hydrogen) atoms. The molecule has 5 atom stereocenters. The molecule has 0 radical (unpaired) electrons. The van der Waals surface area contributed by atoms with Gasteiger partial charge in [0, 0.05) is 0 Å². The molecule has 5 nitrogen and oxygen atoms in total. The Morgan fingerprint density at radius 2 is 1.43 bits per heavy atom. The lowest BCUT2D eigenvalue weighted by atomic mass is 9.74. The Kier molecular flexibility index (Phi) is 3.40. The molecule has 1 N–H and O–H groups in total. The SMILES string of the molecule is O[C@@H]1C2OB(c3c(F)c(F)c(F)c(F)c3F)O[C@H]1[C@@H]1CO[C@@H]2O1. The maximum atomic E-state index is 13.9. The molecule has 11 heteroatoms.